The van der Waals surface area contributed by atoms with Gasteiger partial charge in [0.05, 0.1) is 41.6 Å². The lowest BCUT2D eigenvalue weighted by molar-refractivity contribution is 0.310. The fourth-order valence-electron chi connectivity index (χ4n) is 3.20. The van der Waals surface area contributed by atoms with E-state index in [1.807, 2.05) is 6.92 Å². The Morgan fingerprint density at radius 3 is 2.61 bits per heavy atom. The minimum atomic E-state index is -3.41. The number of rotatable bonds is 7. The smallest absolute Gasteiger partial charge is 0.327 e. The molecule has 0 spiro atoms. The van der Waals surface area contributed by atoms with Crippen molar-refractivity contribution in [2.75, 3.05) is 25.7 Å². The van der Waals surface area contributed by atoms with Gasteiger partial charge < -0.3 is 14.5 Å². The molecule has 2 aromatic carbocycles. The predicted molar refractivity (Wildman–Crippen MR) is 110 cm³/mol. The molecule has 0 aliphatic carbocycles. The number of para-hydroxylation sites is 1. The van der Waals surface area contributed by atoms with Crippen LogP contribution >= 0.6 is 11.6 Å². The number of hydrogen-bond acceptors (Lipinski definition) is 5. The van der Waals surface area contributed by atoms with Crippen LogP contribution in [0, 0.1) is 0 Å². The number of aromatic nitrogens is 2. The van der Waals surface area contributed by atoms with Crippen molar-refractivity contribution in [2.45, 2.75) is 13.0 Å². The zero-order valence-corrected chi connectivity index (χ0v) is 17.3. The van der Waals surface area contributed by atoms with Gasteiger partial charge in [-0.1, -0.05) is 23.7 Å². The molecule has 1 heterocycles. The monoisotopic (exact) mass is 424 g/mol. The largest absolute Gasteiger partial charge is 0.493 e. The van der Waals surface area contributed by atoms with E-state index in [0.717, 1.165) is 6.26 Å². The number of benzene rings is 2. The topological polar surface area (TPSA) is 90.4 Å². The highest BCUT2D eigenvalue weighted by Crippen LogP contribution is 2.33. The summed E-state index contributed by atoms with van der Waals surface area (Å²) in [6.07, 6.45) is 1.14. The fraction of sp³-hybridized carbons (Fsp3) is 0.316. The van der Waals surface area contributed by atoms with Gasteiger partial charge in [-0.3, -0.25) is 4.57 Å². The van der Waals surface area contributed by atoms with Crippen molar-refractivity contribution in [2.24, 2.45) is 0 Å². The van der Waals surface area contributed by atoms with Crippen LogP contribution in [0.1, 0.15) is 18.5 Å². The molecule has 1 N–H and O–H groups in total. The number of sulfone groups is 1. The average Bonchev–Trinajstić information content (AvgIpc) is 2.96. The summed E-state index contributed by atoms with van der Waals surface area (Å²) in [6.45, 7) is 2.26. The van der Waals surface area contributed by atoms with Crippen LogP contribution in [0.2, 0.25) is 5.02 Å². The number of nitrogens with one attached hydrogen (secondary N) is 1. The highest BCUT2D eigenvalue weighted by Gasteiger charge is 2.25. The number of methoxy groups -OCH3 is 1. The van der Waals surface area contributed by atoms with Crippen LogP contribution < -0.4 is 15.2 Å². The molecule has 1 aromatic heterocycles. The summed E-state index contributed by atoms with van der Waals surface area (Å²) in [5.74, 6) is 0.745. The predicted octanol–water partition coefficient (Wildman–Crippen LogP) is 3.02. The van der Waals surface area contributed by atoms with Crippen molar-refractivity contribution in [3.8, 4) is 11.5 Å². The molecule has 0 fully saturated rings. The molecule has 0 radical (unpaired) electrons. The maximum atomic E-state index is 12.7. The van der Waals surface area contributed by atoms with E-state index in [2.05, 4.69) is 4.98 Å². The third-order valence-corrected chi connectivity index (χ3v) is 5.58. The number of hydrogen-bond donors (Lipinski definition) is 1. The molecule has 7 nitrogen and oxygen atoms in total. The number of halogens is 1. The summed E-state index contributed by atoms with van der Waals surface area (Å²) in [5, 5.41) is 0.385. The number of nitrogens with zero attached hydrogens (tertiary/aromatic N) is 1. The zero-order valence-electron chi connectivity index (χ0n) is 15.7. The number of H-pyrrole nitrogens is 1. The maximum absolute atomic E-state index is 12.7. The van der Waals surface area contributed by atoms with Gasteiger partial charge in [0.2, 0.25) is 0 Å². The molecule has 28 heavy (non-hydrogen) atoms. The van der Waals surface area contributed by atoms with Crippen molar-refractivity contribution in [3.05, 3.63) is 57.5 Å². The van der Waals surface area contributed by atoms with Gasteiger partial charge in [-0.2, -0.15) is 0 Å². The lowest BCUT2D eigenvalue weighted by atomic mass is 10.1. The zero-order chi connectivity index (χ0) is 20.5. The molecule has 1 atom stereocenters. The van der Waals surface area contributed by atoms with E-state index in [0.29, 0.717) is 39.7 Å². The van der Waals surface area contributed by atoms with E-state index in [9.17, 15) is 13.2 Å². The summed E-state index contributed by atoms with van der Waals surface area (Å²) in [5.41, 5.74) is 1.16. The Hall–Kier alpha value is -2.45. The second-order valence-corrected chi connectivity index (χ2v) is 8.98. The minimum Gasteiger partial charge on any atom is -0.493 e. The Morgan fingerprint density at radius 1 is 1.21 bits per heavy atom. The van der Waals surface area contributed by atoms with Gasteiger partial charge in [-0.05, 0) is 36.8 Å². The Kier molecular flexibility index (Phi) is 5.71. The molecule has 0 aliphatic rings. The molecule has 1 unspecified atom stereocenters. The van der Waals surface area contributed by atoms with Crippen LogP contribution in [-0.4, -0.2) is 43.7 Å². The summed E-state index contributed by atoms with van der Waals surface area (Å²) in [6, 6.07) is 9.46. The van der Waals surface area contributed by atoms with E-state index >= 15 is 0 Å². The molecule has 0 amide bonds. The Labute approximate surface area is 167 Å². The molecule has 0 aliphatic heterocycles. The molecule has 0 saturated heterocycles. The van der Waals surface area contributed by atoms with E-state index in [-0.39, 0.29) is 5.75 Å². The fourth-order valence-corrected chi connectivity index (χ4v) is 4.33. The number of fused-ring (bicyclic) bond motifs is 1. The van der Waals surface area contributed by atoms with E-state index in [1.165, 1.54) is 11.7 Å². The van der Waals surface area contributed by atoms with Gasteiger partial charge >= 0.3 is 5.69 Å². The highest BCUT2D eigenvalue weighted by atomic mass is 35.5. The first-order valence-electron chi connectivity index (χ1n) is 8.62. The van der Waals surface area contributed by atoms with Gasteiger partial charge in [0.15, 0.2) is 11.5 Å². The molecule has 3 aromatic rings. The van der Waals surface area contributed by atoms with Crippen LogP contribution in [0.15, 0.2) is 41.2 Å². The minimum absolute atomic E-state index is 0.260. The summed E-state index contributed by atoms with van der Waals surface area (Å²) in [4.78, 5) is 15.4. The molecule has 150 valence electrons. The van der Waals surface area contributed by atoms with Crippen LogP contribution in [-0.2, 0) is 9.84 Å². The van der Waals surface area contributed by atoms with Gasteiger partial charge in [0.25, 0.3) is 0 Å². The molecular weight excluding hydrogens is 404 g/mol. The van der Waals surface area contributed by atoms with E-state index in [1.54, 1.807) is 36.4 Å². The van der Waals surface area contributed by atoms with Crippen LogP contribution in [0.4, 0.5) is 0 Å². The number of ether oxygens (including phenoxy) is 2. The first-order valence-corrected chi connectivity index (χ1v) is 11.1. The Morgan fingerprint density at radius 2 is 1.96 bits per heavy atom. The first kappa shape index (κ1) is 20.3. The molecular formula is C19H21ClN2O5S. The van der Waals surface area contributed by atoms with Crippen molar-refractivity contribution in [3.63, 3.8) is 0 Å². The second-order valence-electron chi connectivity index (χ2n) is 6.39. The molecule has 9 heteroatoms. The van der Waals surface area contributed by atoms with Crippen LogP contribution in [0.5, 0.6) is 11.5 Å². The van der Waals surface area contributed by atoms with Crippen LogP contribution in [0.3, 0.4) is 0 Å². The Bertz CT molecular complexity index is 1170. The highest BCUT2D eigenvalue weighted by molar-refractivity contribution is 7.90. The second kappa shape index (κ2) is 7.89. The summed E-state index contributed by atoms with van der Waals surface area (Å²) in [7, 11) is -1.89. The maximum Gasteiger partial charge on any atom is 0.327 e. The van der Waals surface area contributed by atoms with E-state index in [4.69, 9.17) is 21.1 Å². The summed E-state index contributed by atoms with van der Waals surface area (Å²) >= 11 is 6.19. The number of imidazole rings is 1. The third kappa shape index (κ3) is 4.02. The number of aromatic amines is 1. The quantitative estimate of drug-likeness (QED) is 0.629. The lowest BCUT2D eigenvalue weighted by Gasteiger charge is -2.20. The SMILES string of the molecule is CCOc1cc(C(CS(C)(=O)=O)n2c(=O)[nH]c3c(Cl)cccc32)ccc1OC. The van der Waals surface area contributed by atoms with Crippen molar-refractivity contribution in [1.29, 1.82) is 0 Å². The van der Waals surface area contributed by atoms with Crippen LogP contribution in [0.25, 0.3) is 11.0 Å². The van der Waals surface area contributed by atoms with Crippen molar-refractivity contribution < 1.29 is 17.9 Å². The third-order valence-electron chi connectivity index (χ3n) is 4.35. The van der Waals surface area contributed by atoms with Gasteiger partial charge in [-0.15, -0.1) is 0 Å². The molecule has 0 bridgehead atoms. The van der Waals surface area contributed by atoms with E-state index < -0.39 is 21.6 Å². The molecule has 0 saturated carbocycles. The lowest BCUT2D eigenvalue weighted by Crippen LogP contribution is -2.28. The van der Waals surface area contributed by atoms with Gasteiger partial charge in [-0.25, -0.2) is 13.2 Å². The Balaban J connectivity index is 2.25. The molecule has 3 rings (SSSR count). The van der Waals surface area contributed by atoms with Crippen molar-refractivity contribution >= 4 is 32.5 Å². The first-order chi connectivity index (χ1) is 13.2. The summed E-state index contributed by atoms with van der Waals surface area (Å²) < 4.78 is 36.6. The van der Waals surface area contributed by atoms with Crippen molar-refractivity contribution in [1.82, 2.24) is 9.55 Å². The van der Waals surface area contributed by atoms with Gasteiger partial charge in [0, 0.05) is 6.26 Å². The normalized spacial score (nSPS) is 12.9. The standard InChI is InChI=1S/C19H21ClN2O5S/c1-4-27-17-10-12(8-9-16(17)26-2)15(11-28(3,24)25)22-14-7-5-6-13(20)18(14)21-19(22)23/h5-10,15H,4,11H2,1-3H3,(H,21,23). The van der Waals surface area contributed by atoms with Gasteiger partial charge in [0.1, 0.15) is 9.84 Å². The average molecular weight is 425 g/mol.